The predicted molar refractivity (Wildman–Crippen MR) is 45.1 cm³/mol. The lowest BCUT2D eigenvalue weighted by molar-refractivity contribution is 1.30. The van der Waals surface area contributed by atoms with Crippen LogP contribution in [-0.4, -0.2) is 11.2 Å². The fourth-order valence-electron chi connectivity index (χ4n) is 0.602. The van der Waals surface area contributed by atoms with Crippen molar-refractivity contribution in [3.63, 3.8) is 0 Å². The van der Waals surface area contributed by atoms with Crippen molar-refractivity contribution in [3.05, 3.63) is 28.5 Å². The Bertz CT molecular complexity index is 314. The van der Waals surface area contributed by atoms with E-state index in [2.05, 4.69) is 25.9 Å². The van der Waals surface area contributed by atoms with Crippen LogP contribution in [0.15, 0.2) is 27.9 Å². The van der Waals surface area contributed by atoms with Crippen molar-refractivity contribution >= 4 is 22.1 Å². The van der Waals surface area contributed by atoms with E-state index in [0.29, 0.717) is 0 Å². The second-order valence-corrected chi connectivity index (χ2v) is 2.71. The summed E-state index contributed by atoms with van der Waals surface area (Å²) in [6.07, 6.45) is 6.42. The minimum atomic E-state index is 0.806. The molecule has 0 saturated carbocycles. The maximum absolute atomic E-state index is 8.12. The van der Waals surface area contributed by atoms with Crippen molar-refractivity contribution in [1.29, 1.82) is 5.26 Å². The molecule has 1 aromatic heterocycles. The topological polar surface area (TPSA) is 49.0 Å². The number of hydrogen-bond acceptors (Lipinski definition) is 3. The van der Waals surface area contributed by atoms with Crippen LogP contribution in [0.2, 0.25) is 0 Å². The third-order valence-electron chi connectivity index (χ3n) is 0.997. The Kier molecular flexibility index (Phi) is 2.75. The highest BCUT2D eigenvalue weighted by Gasteiger charge is 1.88. The Hall–Kier alpha value is -1.21. The van der Waals surface area contributed by atoms with Crippen molar-refractivity contribution in [2.45, 2.75) is 0 Å². The van der Waals surface area contributed by atoms with Crippen LogP contribution in [0.4, 0.5) is 0 Å². The molecule has 0 saturated heterocycles. The van der Waals surface area contributed by atoms with Gasteiger partial charge in [-0.1, -0.05) is 0 Å². The van der Waals surface area contributed by atoms with Crippen LogP contribution in [0.25, 0.3) is 0 Å². The lowest BCUT2D eigenvalue weighted by atomic mass is 10.3. The molecule has 0 spiro atoms. The van der Waals surface area contributed by atoms with E-state index in [1.807, 2.05) is 6.07 Å². The van der Waals surface area contributed by atoms with E-state index < -0.39 is 0 Å². The van der Waals surface area contributed by atoms with Crippen LogP contribution in [0, 0.1) is 11.5 Å². The molecule has 0 aliphatic heterocycles. The molecular formula is C7H4BrN3. The summed E-state index contributed by atoms with van der Waals surface area (Å²) in [4.78, 5) is 7.29. The highest BCUT2D eigenvalue weighted by atomic mass is 79.9. The summed E-state index contributed by atoms with van der Waals surface area (Å²) < 4.78 is 0.874. The quantitative estimate of drug-likeness (QED) is 0.523. The molecule has 0 aliphatic carbocycles. The lowest BCUT2D eigenvalue weighted by Gasteiger charge is -1.89. The van der Waals surface area contributed by atoms with Crippen LogP contribution in [0.1, 0.15) is 5.56 Å². The second-order valence-electron chi connectivity index (χ2n) is 1.79. The number of aromatic nitrogens is 1. The molecular weight excluding hydrogens is 206 g/mol. The second kappa shape index (κ2) is 3.84. The Labute approximate surface area is 72.5 Å². The molecule has 0 radical (unpaired) electrons. The van der Waals surface area contributed by atoms with E-state index in [1.54, 1.807) is 18.6 Å². The van der Waals surface area contributed by atoms with Crippen molar-refractivity contribution in [2.24, 2.45) is 4.99 Å². The molecule has 0 bridgehead atoms. The average Bonchev–Trinajstić information content (AvgIpc) is 2.01. The molecule has 1 aromatic rings. The molecule has 0 aromatic carbocycles. The minimum absolute atomic E-state index is 0.806. The molecule has 0 N–H and O–H groups in total. The van der Waals surface area contributed by atoms with Crippen LogP contribution < -0.4 is 0 Å². The van der Waals surface area contributed by atoms with Crippen LogP contribution in [-0.2, 0) is 0 Å². The van der Waals surface area contributed by atoms with Gasteiger partial charge in [-0.05, 0) is 22.0 Å². The van der Waals surface area contributed by atoms with Gasteiger partial charge in [0.25, 0.3) is 0 Å². The van der Waals surface area contributed by atoms with Crippen molar-refractivity contribution in [2.75, 3.05) is 0 Å². The molecule has 0 unspecified atom stereocenters. The van der Waals surface area contributed by atoms with Gasteiger partial charge in [0.1, 0.15) is 0 Å². The molecule has 3 nitrogen and oxygen atoms in total. The third kappa shape index (κ3) is 2.48. The molecule has 0 amide bonds. The first-order valence-electron chi connectivity index (χ1n) is 2.85. The van der Waals surface area contributed by atoms with Crippen LogP contribution in [0.5, 0.6) is 0 Å². The van der Waals surface area contributed by atoms with Gasteiger partial charge in [-0.15, -0.1) is 0 Å². The normalized spacial score (nSPS) is 9.82. The molecule has 1 rings (SSSR count). The van der Waals surface area contributed by atoms with Gasteiger partial charge in [-0.2, -0.15) is 10.3 Å². The van der Waals surface area contributed by atoms with E-state index >= 15 is 0 Å². The molecule has 4 heteroatoms. The summed E-state index contributed by atoms with van der Waals surface area (Å²) >= 11 is 3.25. The van der Waals surface area contributed by atoms with E-state index in [4.69, 9.17) is 5.26 Å². The fraction of sp³-hybridized carbons (Fsp3) is 0. The number of halogens is 1. The van der Waals surface area contributed by atoms with Crippen LogP contribution in [0.3, 0.4) is 0 Å². The van der Waals surface area contributed by atoms with Gasteiger partial charge in [0.15, 0.2) is 0 Å². The zero-order valence-electron chi connectivity index (χ0n) is 5.53. The fourth-order valence-corrected chi connectivity index (χ4v) is 0.985. The van der Waals surface area contributed by atoms with Crippen molar-refractivity contribution in [1.82, 2.24) is 4.98 Å². The molecule has 1 heterocycles. The Balaban J connectivity index is 2.90. The summed E-state index contributed by atoms with van der Waals surface area (Å²) in [5.74, 6) is 0. The van der Waals surface area contributed by atoms with Gasteiger partial charge in [-0.25, -0.2) is 0 Å². The van der Waals surface area contributed by atoms with E-state index in [0.717, 1.165) is 10.0 Å². The number of aliphatic imine (C=N–C) groups is 1. The maximum Gasteiger partial charge on any atom is 0.205 e. The first kappa shape index (κ1) is 7.89. The molecule has 0 aliphatic rings. The standard InChI is InChI=1S/C7H4BrN3/c8-7-1-6(2-10-4-7)3-11-5-9/h1-4H/b11-3+. The smallest absolute Gasteiger partial charge is 0.205 e. The van der Waals surface area contributed by atoms with Gasteiger partial charge in [0, 0.05) is 28.6 Å². The van der Waals surface area contributed by atoms with Gasteiger partial charge < -0.3 is 0 Å². The molecule has 11 heavy (non-hydrogen) atoms. The molecule has 54 valence electrons. The van der Waals surface area contributed by atoms with Gasteiger partial charge in [-0.3, -0.25) is 4.98 Å². The third-order valence-corrected chi connectivity index (χ3v) is 1.43. The summed E-state index contributed by atoms with van der Waals surface area (Å²) in [5, 5.41) is 8.12. The number of nitriles is 1. The number of pyridine rings is 1. The van der Waals surface area contributed by atoms with Gasteiger partial charge >= 0.3 is 0 Å². The summed E-state index contributed by atoms with van der Waals surface area (Å²) in [6, 6.07) is 1.83. The van der Waals surface area contributed by atoms with E-state index in [1.165, 1.54) is 6.21 Å². The zero-order valence-corrected chi connectivity index (χ0v) is 7.12. The van der Waals surface area contributed by atoms with Crippen LogP contribution >= 0.6 is 15.9 Å². The zero-order chi connectivity index (χ0) is 8.10. The Morgan fingerprint density at radius 3 is 3.09 bits per heavy atom. The summed E-state index contributed by atoms with van der Waals surface area (Å²) in [7, 11) is 0. The van der Waals surface area contributed by atoms with Gasteiger partial charge in [0.05, 0.1) is 0 Å². The summed E-state index contributed by atoms with van der Waals surface area (Å²) in [6.45, 7) is 0. The lowest BCUT2D eigenvalue weighted by Crippen LogP contribution is -1.81. The maximum atomic E-state index is 8.12. The monoisotopic (exact) mass is 209 g/mol. The first-order valence-corrected chi connectivity index (χ1v) is 3.65. The largest absolute Gasteiger partial charge is 0.263 e. The number of rotatable bonds is 1. The SMILES string of the molecule is N#C/N=C/c1cncc(Br)c1. The first-order chi connectivity index (χ1) is 5.33. The van der Waals surface area contributed by atoms with Gasteiger partial charge in [0.2, 0.25) is 6.19 Å². The molecule has 0 atom stereocenters. The predicted octanol–water partition coefficient (Wildman–Crippen LogP) is 1.74. The molecule has 0 fully saturated rings. The Morgan fingerprint density at radius 1 is 1.64 bits per heavy atom. The Morgan fingerprint density at radius 2 is 2.45 bits per heavy atom. The average molecular weight is 210 g/mol. The van der Waals surface area contributed by atoms with Crippen molar-refractivity contribution < 1.29 is 0 Å². The van der Waals surface area contributed by atoms with E-state index in [9.17, 15) is 0 Å². The number of hydrogen-bond donors (Lipinski definition) is 0. The highest BCUT2D eigenvalue weighted by molar-refractivity contribution is 9.10. The van der Waals surface area contributed by atoms with E-state index in [-0.39, 0.29) is 0 Å². The minimum Gasteiger partial charge on any atom is -0.263 e. The highest BCUT2D eigenvalue weighted by Crippen LogP contribution is 2.07. The number of nitrogens with zero attached hydrogens (tertiary/aromatic N) is 3. The summed E-state index contributed by atoms with van der Waals surface area (Å²) in [5.41, 5.74) is 0.806. The van der Waals surface area contributed by atoms with Crippen molar-refractivity contribution in [3.8, 4) is 6.19 Å².